The molecule has 0 aliphatic rings. The third-order valence-electron chi connectivity index (χ3n) is 9.45. The predicted octanol–water partition coefficient (Wildman–Crippen LogP) is 12.5. The second-order valence-electron chi connectivity index (χ2n) is 12.1. The molecule has 0 fully saturated rings. The maximum Gasteiger partial charge on any atom is 0.160 e. The first-order valence-corrected chi connectivity index (χ1v) is 16.7. The Labute approximate surface area is 275 Å². The van der Waals surface area contributed by atoms with Crippen molar-refractivity contribution in [3.63, 3.8) is 0 Å². The van der Waals surface area contributed by atoms with Gasteiger partial charge in [-0.15, -0.1) is 11.3 Å². The van der Waals surface area contributed by atoms with E-state index in [0.717, 1.165) is 33.5 Å². The molecule has 0 atom stereocenters. The van der Waals surface area contributed by atoms with Crippen LogP contribution in [0.4, 0.5) is 0 Å². The molecule has 0 saturated heterocycles. The molecule has 10 aromatic rings. The summed E-state index contributed by atoms with van der Waals surface area (Å²) in [4.78, 5) is 10.4. The largest absolute Gasteiger partial charge is 0.228 e. The van der Waals surface area contributed by atoms with Gasteiger partial charge in [-0.2, -0.15) is 0 Å². The fourth-order valence-corrected chi connectivity index (χ4v) is 8.52. The van der Waals surface area contributed by atoms with Gasteiger partial charge >= 0.3 is 0 Å². The quantitative estimate of drug-likeness (QED) is 0.185. The molecule has 10 rings (SSSR count). The molecule has 218 valence electrons. The lowest BCUT2D eigenvalue weighted by Gasteiger charge is -2.14. The van der Waals surface area contributed by atoms with Crippen molar-refractivity contribution in [2.75, 3.05) is 0 Å². The number of para-hydroxylation sites is 1. The zero-order valence-electron chi connectivity index (χ0n) is 25.3. The van der Waals surface area contributed by atoms with Crippen molar-refractivity contribution in [1.29, 1.82) is 0 Å². The Bertz CT molecular complexity index is 2850. The van der Waals surface area contributed by atoms with E-state index in [9.17, 15) is 0 Å². The van der Waals surface area contributed by atoms with Crippen LogP contribution in [0.25, 0.3) is 97.2 Å². The molecule has 0 N–H and O–H groups in total. The zero-order valence-corrected chi connectivity index (χ0v) is 26.1. The van der Waals surface area contributed by atoms with Crippen molar-refractivity contribution in [3.05, 3.63) is 158 Å². The van der Waals surface area contributed by atoms with Crippen LogP contribution >= 0.6 is 11.3 Å². The second kappa shape index (κ2) is 10.3. The Kier molecular flexibility index (Phi) is 5.78. The second-order valence-corrected chi connectivity index (χ2v) is 13.2. The monoisotopic (exact) mass is 614 g/mol. The van der Waals surface area contributed by atoms with Crippen LogP contribution in [0, 0.1) is 0 Å². The van der Waals surface area contributed by atoms with Gasteiger partial charge in [0.15, 0.2) is 5.82 Å². The number of fused-ring (bicyclic) bond motifs is 11. The minimum Gasteiger partial charge on any atom is -0.228 e. The summed E-state index contributed by atoms with van der Waals surface area (Å²) in [5.41, 5.74) is 6.33. The molecule has 0 bridgehead atoms. The topological polar surface area (TPSA) is 25.8 Å². The number of nitrogens with zero attached hydrogens (tertiary/aromatic N) is 2. The molecular weight excluding hydrogens is 589 g/mol. The number of thiophene rings is 1. The van der Waals surface area contributed by atoms with Gasteiger partial charge in [0.1, 0.15) is 0 Å². The van der Waals surface area contributed by atoms with Crippen LogP contribution in [-0.4, -0.2) is 9.97 Å². The highest BCUT2D eigenvalue weighted by Gasteiger charge is 2.17. The molecule has 2 aromatic heterocycles. The Morgan fingerprint density at radius 3 is 1.87 bits per heavy atom. The Balaban J connectivity index is 1.23. The maximum absolute atomic E-state index is 5.30. The minimum absolute atomic E-state index is 0.731. The number of aromatic nitrogens is 2. The lowest BCUT2D eigenvalue weighted by atomic mass is 9.92. The van der Waals surface area contributed by atoms with E-state index in [4.69, 9.17) is 9.97 Å². The summed E-state index contributed by atoms with van der Waals surface area (Å²) in [7, 11) is 0. The molecule has 0 radical (unpaired) electrons. The summed E-state index contributed by atoms with van der Waals surface area (Å²) in [5.74, 6) is 0.731. The Morgan fingerprint density at radius 1 is 0.362 bits per heavy atom. The van der Waals surface area contributed by atoms with E-state index in [-0.39, 0.29) is 0 Å². The van der Waals surface area contributed by atoms with E-state index in [1.54, 1.807) is 0 Å². The van der Waals surface area contributed by atoms with Crippen molar-refractivity contribution >= 4 is 74.7 Å². The van der Waals surface area contributed by atoms with Gasteiger partial charge in [0.2, 0.25) is 0 Å². The van der Waals surface area contributed by atoms with Crippen LogP contribution in [0.2, 0.25) is 0 Å². The Morgan fingerprint density at radius 2 is 1.00 bits per heavy atom. The van der Waals surface area contributed by atoms with Gasteiger partial charge in [0, 0.05) is 42.1 Å². The highest BCUT2D eigenvalue weighted by Crippen LogP contribution is 2.45. The molecule has 8 aromatic carbocycles. The number of hydrogen-bond acceptors (Lipinski definition) is 3. The molecule has 47 heavy (non-hydrogen) atoms. The average molecular weight is 615 g/mol. The third kappa shape index (κ3) is 4.10. The maximum atomic E-state index is 5.30. The lowest BCUT2D eigenvalue weighted by molar-refractivity contribution is 1.23. The fourth-order valence-electron chi connectivity index (χ4n) is 7.26. The molecule has 0 aliphatic heterocycles. The van der Waals surface area contributed by atoms with E-state index in [2.05, 4.69) is 158 Å². The molecule has 0 spiro atoms. The van der Waals surface area contributed by atoms with Gasteiger partial charge < -0.3 is 0 Å². The van der Waals surface area contributed by atoms with Crippen LogP contribution in [0.5, 0.6) is 0 Å². The first kappa shape index (κ1) is 26.3. The lowest BCUT2D eigenvalue weighted by Crippen LogP contribution is -1.96. The van der Waals surface area contributed by atoms with Crippen LogP contribution in [-0.2, 0) is 0 Å². The smallest absolute Gasteiger partial charge is 0.160 e. The van der Waals surface area contributed by atoms with Gasteiger partial charge in [0.25, 0.3) is 0 Å². The molecular formula is C44H26N2S. The van der Waals surface area contributed by atoms with E-state index < -0.39 is 0 Å². The molecule has 2 nitrogen and oxygen atoms in total. The molecule has 0 saturated carbocycles. The summed E-state index contributed by atoms with van der Waals surface area (Å²) in [5, 5.41) is 11.3. The third-order valence-corrected chi connectivity index (χ3v) is 10.7. The summed E-state index contributed by atoms with van der Waals surface area (Å²) < 4.78 is 2.66. The molecule has 3 heteroatoms. The predicted molar refractivity (Wildman–Crippen MR) is 201 cm³/mol. The standard InChI is InChI=1S/C44H26N2S/c1-2-11-27(12-3-1)28-13-10-14-29(25-28)42-37-18-6-8-19-39(37)45-44(46-42)30-21-22-35-38(26-30)32-16-5-4-15-31(32)34-23-24-36-33-17-7-9-20-40(33)47-43(36)41(34)35/h1-26H. The van der Waals surface area contributed by atoms with Gasteiger partial charge in [-0.25, -0.2) is 9.97 Å². The van der Waals surface area contributed by atoms with E-state index in [1.807, 2.05) is 11.3 Å². The van der Waals surface area contributed by atoms with Crippen LogP contribution in [0.15, 0.2) is 158 Å². The van der Waals surface area contributed by atoms with Crippen molar-refractivity contribution < 1.29 is 0 Å². The Hall–Kier alpha value is -5.90. The molecule has 0 amide bonds. The van der Waals surface area contributed by atoms with Crippen LogP contribution in [0.3, 0.4) is 0 Å². The summed E-state index contributed by atoms with van der Waals surface area (Å²) in [6, 6.07) is 56.5. The summed E-state index contributed by atoms with van der Waals surface area (Å²) >= 11 is 1.89. The zero-order chi connectivity index (χ0) is 30.9. The fraction of sp³-hybridized carbons (Fsp3) is 0. The SMILES string of the molecule is c1ccc(-c2cccc(-c3nc(-c4ccc5c(c4)c4ccccc4c4ccc6c7ccccc7sc6c45)nc4ccccc34)c2)cc1. The minimum atomic E-state index is 0.731. The molecule has 0 unspecified atom stereocenters. The van der Waals surface area contributed by atoms with Crippen molar-refractivity contribution in [1.82, 2.24) is 9.97 Å². The van der Waals surface area contributed by atoms with Gasteiger partial charge in [-0.1, -0.05) is 133 Å². The van der Waals surface area contributed by atoms with Crippen LogP contribution < -0.4 is 0 Å². The summed E-state index contributed by atoms with van der Waals surface area (Å²) in [6.07, 6.45) is 0. The van der Waals surface area contributed by atoms with Crippen LogP contribution in [0.1, 0.15) is 0 Å². The number of hydrogen-bond donors (Lipinski definition) is 0. The summed E-state index contributed by atoms with van der Waals surface area (Å²) in [6.45, 7) is 0. The van der Waals surface area contributed by atoms with E-state index >= 15 is 0 Å². The highest BCUT2D eigenvalue weighted by molar-refractivity contribution is 7.26. The van der Waals surface area contributed by atoms with E-state index in [0.29, 0.717) is 0 Å². The van der Waals surface area contributed by atoms with Gasteiger partial charge in [0.05, 0.1) is 11.2 Å². The first-order valence-electron chi connectivity index (χ1n) is 15.9. The van der Waals surface area contributed by atoms with Crippen molar-refractivity contribution in [2.24, 2.45) is 0 Å². The first-order chi connectivity index (χ1) is 23.3. The molecule has 2 heterocycles. The highest BCUT2D eigenvalue weighted by atomic mass is 32.1. The average Bonchev–Trinajstić information content (AvgIpc) is 3.53. The number of benzene rings is 8. The molecule has 0 aliphatic carbocycles. The van der Waals surface area contributed by atoms with Gasteiger partial charge in [-0.3, -0.25) is 0 Å². The van der Waals surface area contributed by atoms with Crippen molar-refractivity contribution in [2.45, 2.75) is 0 Å². The number of rotatable bonds is 3. The van der Waals surface area contributed by atoms with E-state index in [1.165, 1.54) is 63.6 Å². The normalized spacial score (nSPS) is 11.8. The van der Waals surface area contributed by atoms with Gasteiger partial charge in [-0.05, 0) is 62.3 Å². The van der Waals surface area contributed by atoms with Crippen molar-refractivity contribution in [3.8, 4) is 33.8 Å².